The molecule has 17 heavy (non-hydrogen) atoms. The van der Waals surface area contributed by atoms with Gasteiger partial charge >= 0.3 is 0 Å². The normalized spacial score (nSPS) is 10.5. The minimum absolute atomic E-state index is 0.691. The number of benzene rings is 1. The first-order chi connectivity index (χ1) is 8.36. The molecule has 0 N–H and O–H groups in total. The minimum atomic E-state index is 0.691. The fraction of sp³-hybridized carbons (Fsp3) is 0.0769. The Balaban J connectivity index is 2.08. The van der Waals surface area contributed by atoms with Crippen LogP contribution in [0.1, 0.15) is 10.6 Å². The van der Waals surface area contributed by atoms with E-state index >= 15 is 0 Å². The molecule has 0 spiro atoms. The highest BCUT2D eigenvalue weighted by Crippen LogP contribution is 2.19. The number of nitrogens with zero attached hydrogens (tertiary/aromatic N) is 3. The van der Waals surface area contributed by atoms with Gasteiger partial charge in [0.2, 0.25) is 0 Å². The van der Waals surface area contributed by atoms with Crippen molar-refractivity contribution < 1.29 is 0 Å². The van der Waals surface area contributed by atoms with E-state index in [9.17, 15) is 0 Å². The van der Waals surface area contributed by atoms with E-state index in [1.54, 1.807) is 11.3 Å². The van der Waals surface area contributed by atoms with Gasteiger partial charge in [0.25, 0.3) is 0 Å². The van der Waals surface area contributed by atoms with Crippen molar-refractivity contribution in [2.45, 2.75) is 6.54 Å². The molecule has 0 atom stereocenters. The smallest absolute Gasteiger partial charge is 0.112 e. The third-order valence-electron chi connectivity index (χ3n) is 2.69. The minimum Gasteiger partial charge on any atom is -0.341 e. The number of aromatic nitrogens is 2. The van der Waals surface area contributed by atoms with Crippen LogP contribution in [0.4, 0.5) is 0 Å². The summed E-state index contributed by atoms with van der Waals surface area (Å²) in [6.45, 7) is 0.760. The van der Waals surface area contributed by atoms with Crippen molar-refractivity contribution in [1.29, 1.82) is 5.26 Å². The molecule has 0 aliphatic heterocycles. The van der Waals surface area contributed by atoms with Crippen LogP contribution < -0.4 is 0 Å². The van der Waals surface area contributed by atoms with Gasteiger partial charge in [-0.3, -0.25) is 0 Å². The van der Waals surface area contributed by atoms with Gasteiger partial charge in [-0.25, -0.2) is 4.98 Å². The molecule has 0 aliphatic rings. The summed E-state index contributed by atoms with van der Waals surface area (Å²) in [5, 5.41) is 13.1. The Bertz CT molecular complexity index is 689. The molecule has 2 heterocycles. The van der Waals surface area contributed by atoms with Crippen LogP contribution >= 0.6 is 11.3 Å². The Morgan fingerprint density at radius 2 is 2.29 bits per heavy atom. The number of rotatable bonds is 2. The van der Waals surface area contributed by atoms with Crippen molar-refractivity contribution in [3.05, 3.63) is 52.6 Å². The fourth-order valence-electron chi connectivity index (χ4n) is 1.87. The van der Waals surface area contributed by atoms with Crippen molar-refractivity contribution in [1.82, 2.24) is 9.55 Å². The molecule has 1 aromatic carbocycles. The van der Waals surface area contributed by atoms with Gasteiger partial charge in [-0.2, -0.15) is 5.26 Å². The van der Waals surface area contributed by atoms with Crippen LogP contribution in [-0.4, -0.2) is 9.55 Å². The summed E-state index contributed by atoms with van der Waals surface area (Å²) in [6, 6.07) is 9.97. The predicted octanol–water partition coefficient (Wildman–Crippen LogP) is 3.02. The molecule has 2 aromatic heterocycles. The molecular formula is C13H9N3S. The Hall–Kier alpha value is -2.12. The van der Waals surface area contributed by atoms with Gasteiger partial charge in [0.1, 0.15) is 5.01 Å². The van der Waals surface area contributed by atoms with Gasteiger partial charge < -0.3 is 4.57 Å². The number of hydrogen-bond donors (Lipinski definition) is 0. The Labute approximate surface area is 103 Å². The summed E-state index contributed by atoms with van der Waals surface area (Å²) >= 11 is 1.64. The molecule has 0 bridgehead atoms. The average Bonchev–Trinajstić information content (AvgIpc) is 2.99. The van der Waals surface area contributed by atoms with Gasteiger partial charge in [-0.1, -0.05) is 6.07 Å². The van der Waals surface area contributed by atoms with Crippen molar-refractivity contribution >= 4 is 22.2 Å². The van der Waals surface area contributed by atoms with E-state index in [-0.39, 0.29) is 0 Å². The Morgan fingerprint density at radius 1 is 1.35 bits per heavy atom. The predicted molar refractivity (Wildman–Crippen MR) is 67.9 cm³/mol. The van der Waals surface area contributed by atoms with Gasteiger partial charge in [0, 0.05) is 23.3 Å². The number of hydrogen-bond acceptors (Lipinski definition) is 3. The molecule has 82 valence electrons. The standard InChI is InChI=1S/C13H9N3S/c14-8-10-1-2-11-3-5-16(12(11)7-10)9-13-15-4-6-17-13/h1-7H,9H2. The highest BCUT2D eigenvalue weighted by molar-refractivity contribution is 7.09. The molecule has 3 nitrogen and oxygen atoms in total. The second-order valence-corrected chi connectivity index (χ2v) is 4.73. The zero-order valence-corrected chi connectivity index (χ0v) is 9.81. The van der Waals surface area contributed by atoms with Crippen LogP contribution in [0.2, 0.25) is 0 Å². The van der Waals surface area contributed by atoms with E-state index in [1.165, 1.54) is 0 Å². The summed E-state index contributed by atoms with van der Waals surface area (Å²) in [7, 11) is 0. The molecule has 0 unspecified atom stereocenters. The van der Waals surface area contributed by atoms with Crippen molar-refractivity contribution in [2.75, 3.05) is 0 Å². The molecule has 0 fully saturated rings. The first kappa shape index (κ1) is 10.1. The summed E-state index contributed by atoms with van der Waals surface area (Å²) in [5.41, 5.74) is 1.77. The van der Waals surface area contributed by atoms with Crippen molar-refractivity contribution in [3.8, 4) is 6.07 Å². The molecule has 0 saturated carbocycles. The van der Waals surface area contributed by atoms with Gasteiger partial charge in [-0.15, -0.1) is 11.3 Å². The lowest BCUT2D eigenvalue weighted by Gasteiger charge is -2.02. The zero-order chi connectivity index (χ0) is 11.7. The summed E-state index contributed by atoms with van der Waals surface area (Å²) in [6.07, 6.45) is 3.85. The lowest BCUT2D eigenvalue weighted by molar-refractivity contribution is 0.828. The van der Waals surface area contributed by atoms with Crippen LogP contribution in [0, 0.1) is 11.3 Å². The third kappa shape index (κ3) is 1.81. The maximum absolute atomic E-state index is 8.91. The van der Waals surface area contributed by atoms with Crippen molar-refractivity contribution in [3.63, 3.8) is 0 Å². The summed E-state index contributed by atoms with van der Waals surface area (Å²) in [5.74, 6) is 0. The molecular weight excluding hydrogens is 230 g/mol. The van der Waals surface area contributed by atoms with Crippen LogP contribution in [0.3, 0.4) is 0 Å². The van der Waals surface area contributed by atoms with Crippen LogP contribution in [0.25, 0.3) is 10.9 Å². The SMILES string of the molecule is N#Cc1ccc2ccn(Cc3nccs3)c2c1. The van der Waals surface area contributed by atoms with E-state index in [4.69, 9.17) is 5.26 Å². The van der Waals surface area contributed by atoms with Crippen molar-refractivity contribution in [2.24, 2.45) is 0 Å². The van der Waals surface area contributed by atoms with E-state index in [0.29, 0.717) is 5.56 Å². The topological polar surface area (TPSA) is 41.6 Å². The Kier molecular flexibility index (Phi) is 2.39. The maximum Gasteiger partial charge on any atom is 0.112 e. The molecule has 3 aromatic rings. The lowest BCUT2D eigenvalue weighted by atomic mass is 10.2. The van der Waals surface area contributed by atoms with E-state index in [1.807, 2.05) is 36.0 Å². The van der Waals surface area contributed by atoms with E-state index < -0.39 is 0 Å². The second-order valence-electron chi connectivity index (χ2n) is 3.75. The molecule has 4 heteroatoms. The largest absolute Gasteiger partial charge is 0.341 e. The first-order valence-electron chi connectivity index (χ1n) is 5.24. The Morgan fingerprint density at radius 3 is 3.06 bits per heavy atom. The monoisotopic (exact) mass is 239 g/mol. The van der Waals surface area contributed by atoms with Gasteiger partial charge in [-0.05, 0) is 23.6 Å². The van der Waals surface area contributed by atoms with E-state index in [0.717, 1.165) is 22.5 Å². The van der Waals surface area contributed by atoms with Gasteiger partial charge in [0.05, 0.1) is 18.2 Å². The summed E-state index contributed by atoms with van der Waals surface area (Å²) < 4.78 is 2.12. The summed E-state index contributed by atoms with van der Waals surface area (Å²) in [4.78, 5) is 4.27. The fourth-order valence-corrected chi connectivity index (χ4v) is 2.48. The van der Waals surface area contributed by atoms with Crippen LogP contribution in [-0.2, 0) is 6.54 Å². The number of nitriles is 1. The van der Waals surface area contributed by atoms with Gasteiger partial charge in [0.15, 0.2) is 0 Å². The maximum atomic E-state index is 8.91. The molecule has 0 saturated heterocycles. The molecule has 3 rings (SSSR count). The highest BCUT2D eigenvalue weighted by atomic mass is 32.1. The molecule has 0 amide bonds. The van der Waals surface area contributed by atoms with E-state index in [2.05, 4.69) is 21.7 Å². The molecule has 0 radical (unpaired) electrons. The quantitative estimate of drug-likeness (QED) is 0.689. The first-order valence-corrected chi connectivity index (χ1v) is 6.12. The number of fused-ring (bicyclic) bond motifs is 1. The lowest BCUT2D eigenvalue weighted by Crippen LogP contribution is -1.97. The second kappa shape index (κ2) is 4.04. The number of thiazole rings is 1. The van der Waals surface area contributed by atoms with Crippen LogP contribution in [0.15, 0.2) is 42.0 Å². The zero-order valence-electron chi connectivity index (χ0n) is 9.00. The third-order valence-corrected chi connectivity index (χ3v) is 3.46. The van der Waals surface area contributed by atoms with Crippen LogP contribution in [0.5, 0.6) is 0 Å². The molecule has 0 aliphatic carbocycles. The average molecular weight is 239 g/mol. The highest BCUT2D eigenvalue weighted by Gasteiger charge is 2.04.